The van der Waals surface area contributed by atoms with Crippen LogP contribution in [0, 0.1) is 12.7 Å². The van der Waals surface area contributed by atoms with Crippen LogP contribution in [0.15, 0.2) is 52.9 Å². The van der Waals surface area contributed by atoms with E-state index < -0.39 is 5.82 Å². The standard InChI is InChI=1S/C20H19FN4O2/c1-14-5-4-6-15(13-14)24-9-11-25(12-10-24)20(26)19-23-22-18(27-19)16-7-2-3-8-17(16)21/h2-8,13H,9-12H2,1H3. The van der Waals surface area contributed by atoms with Gasteiger partial charge >= 0.3 is 11.8 Å². The predicted molar refractivity (Wildman–Crippen MR) is 99.0 cm³/mol. The zero-order chi connectivity index (χ0) is 18.8. The van der Waals surface area contributed by atoms with Crippen LogP contribution in [-0.4, -0.2) is 47.2 Å². The van der Waals surface area contributed by atoms with Gasteiger partial charge in [-0.05, 0) is 36.8 Å². The van der Waals surface area contributed by atoms with Crippen LogP contribution in [-0.2, 0) is 0 Å². The minimum Gasteiger partial charge on any atom is -0.412 e. The first-order chi connectivity index (χ1) is 13.1. The number of rotatable bonds is 3. The molecule has 4 rings (SSSR count). The number of nitrogens with zero attached hydrogens (tertiary/aromatic N) is 4. The highest BCUT2D eigenvalue weighted by molar-refractivity contribution is 5.90. The number of benzene rings is 2. The first kappa shape index (κ1) is 17.2. The van der Waals surface area contributed by atoms with Crippen molar-refractivity contribution in [1.29, 1.82) is 0 Å². The Morgan fingerprint density at radius 1 is 1.04 bits per heavy atom. The minimum atomic E-state index is -0.466. The number of carbonyl (C=O) groups is 1. The lowest BCUT2D eigenvalue weighted by atomic mass is 10.2. The topological polar surface area (TPSA) is 62.5 Å². The average Bonchev–Trinajstić information content (AvgIpc) is 3.18. The first-order valence-electron chi connectivity index (χ1n) is 8.81. The van der Waals surface area contributed by atoms with Crippen molar-refractivity contribution in [3.8, 4) is 11.5 Å². The zero-order valence-corrected chi connectivity index (χ0v) is 14.9. The summed E-state index contributed by atoms with van der Waals surface area (Å²) in [7, 11) is 0. The second-order valence-electron chi connectivity index (χ2n) is 6.51. The van der Waals surface area contributed by atoms with E-state index in [-0.39, 0.29) is 23.3 Å². The molecular weight excluding hydrogens is 347 g/mol. The van der Waals surface area contributed by atoms with Gasteiger partial charge in [0.25, 0.3) is 5.89 Å². The van der Waals surface area contributed by atoms with Gasteiger partial charge < -0.3 is 14.2 Å². The number of aryl methyl sites for hydroxylation is 1. The average molecular weight is 366 g/mol. The van der Waals surface area contributed by atoms with E-state index in [1.807, 2.05) is 6.07 Å². The Balaban J connectivity index is 1.43. The van der Waals surface area contributed by atoms with Crippen molar-refractivity contribution in [1.82, 2.24) is 15.1 Å². The van der Waals surface area contributed by atoms with E-state index in [0.29, 0.717) is 13.1 Å². The number of piperazine rings is 1. The zero-order valence-electron chi connectivity index (χ0n) is 14.9. The molecule has 3 aromatic rings. The fourth-order valence-electron chi connectivity index (χ4n) is 3.18. The van der Waals surface area contributed by atoms with Crippen LogP contribution in [0.5, 0.6) is 0 Å². The Hall–Kier alpha value is -3.22. The molecule has 6 nitrogen and oxygen atoms in total. The van der Waals surface area contributed by atoms with Crippen molar-refractivity contribution in [2.24, 2.45) is 0 Å². The summed E-state index contributed by atoms with van der Waals surface area (Å²) in [5.74, 6) is -0.895. The van der Waals surface area contributed by atoms with Gasteiger partial charge in [-0.2, -0.15) is 0 Å². The van der Waals surface area contributed by atoms with Crippen LogP contribution >= 0.6 is 0 Å². The molecule has 7 heteroatoms. The summed E-state index contributed by atoms with van der Waals surface area (Å²) in [4.78, 5) is 16.6. The Bertz CT molecular complexity index is 964. The van der Waals surface area contributed by atoms with Crippen molar-refractivity contribution in [2.75, 3.05) is 31.1 Å². The van der Waals surface area contributed by atoms with Gasteiger partial charge in [0, 0.05) is 31.9 Å². The normalized spacial score (nSPS) is 14.4. The lowest BCUT2D eigenvalue weighted by molar-refractivity contribution is 0.0707. The van der Waals surface area contributed by atoms with E-state index in [4.69, 9.17) is 4.42 Å². The van der Waals surface area contributed by atoms with Gasteiger partial charge in [0.1, 0.15) is 5.82 Å². The lowest BCUT2D eigenvalue weighted by Crippen LogP contribution is -2.48. The highest BCUT2D eigenvalue weighted by Crippen LogP contribution is 2.22. The summed E-state index contributed by atoms with van der Waals surface area (Å²) in [5, 5.41) is 7.63. The summed E-state index contributed by atoms with van der Waals surface area (Å²) < 4.78 is 19.3. The van der Waals surface area contributed by atoms with Gasteiger partial charge in [0.05, 0.1) is 5.56 Å². The second kappa shape index (κ2) is 7.19. The van der Waals surface area contributed by atoms with Crippen LogP contribution in [0.25, 0.3) is 11.5 Å². The third-order valence-corrected chi connectivity index (χ3v) is 4.65. The van der Waals surface area contributed by atoms with E-state index in [9.17, 15) is 9.18 Å². The minimum absolute atomic E-state index is 0.00912. The van der Waals surface area contributed by atoms with Crippen molar-refractivity contribution in [2.45, 2.75) is 6.92 Å². The first-order valence-corrected chi connectivity index (χ1v) is 8.81. The molecule has 1 amide bonds. The van der Waals surface area contributed by atoms with E-state index in [1.54, 1.807) is 17.0 Å². The molecule has 138 valence electrons. The van der Waals surface area contributed by atoms with Crippen molar-refractivity contribution in [3.05, 3.63) is 65.8 Å². The molecule has 1 aliphatic rings. The predicted octanol–water partition coefficient (Wildman–Crippen LogP) is 3.15. The molecule has 2 aromatic carbocycles. The maximum Gasteiger partial charge on any atom is 0.311 e. The van der Waals surface area contributed by atoms with Gasteiger partial charge in [-0.1, -0.05) is 24.3 Å². The number of amides is 1. The molecule has 0 unspecified atom stereocenters. The molecule has 1 saturated heterocycles. The third-order valence-electron chi connectivity index (χ3n) is 4.65. The Labute approximate surface area is 156 Å². The fraction of sp³-hybridized carbons (Fsp3) is 0.250. The number of anilines is 1. The van der Waals surface area contributed by atoms with Gasteiger partial charge in [-0.15, -0.1) is 10.2 Å². The highest BCUT2D eigenvalue weighted by Gasteiger charge is 2.26. The van der Waals surface area contributed by atoms with Gasteiger partial charge in [-0.25, -0.2) is 4.39 Å². The number of halogens is 1. The quantitative estimate of drug-likeness (QED) is 0.713. The fourth-order valence-corrected chi connectivity index (χ4v) is 3.18. The molecule has 0 atom stereocenters. The molecular formula is C20H19FN4O2. The van der Waals surface area contributed by atoms with E-state index in [2.05, 4.69) is 40.2 Å². The van der Waals surface area contributed by atoms with Gasteiger partial charge in [-0.3, -0.25) is 4.79 Å². The van der Waals surface area contributed by atoms with Gasteiger partial charge in [0.2, 0.25) is 0 Å². The smallest absolute Gasteiger partial charge is 0.311 e. The van der Waals surface area contributed by atoms with Crippen LogP contribution in [0.2, 0.25) is 0 Å². The summed E-state index contributed by atoms with van der Waals surface area (Å²) >= 11 is 0. The Kier molecular flexibility index (Phi) is 4.58. The molecule has 0 radical (unpaired) electrons. The molecule has 0 saturated carbocycles. The summed E-state index contributed by atoms with van der Waals surface area (Å²) in [6.45, 7) is 4.63. The van der Waals surface area contributed by atoms with Crippen molar-refractivity contribution < 1.29 is 13.6 Å². The lowest BCUT2D eigenvalue weighted by Gasteiger charge is -2.35. The molecule has 1 aliphatic heterocycles. The van der Waals surface area contributed by atoms with E-state index in [1.165, 1.54) is 17.7 Å². The summed E-state index contributed by atoms with van der Waals surface area (Å²) in [5.41, 5.74) is 2.55. The van der Waals surface area contributed by atoms with Crippen molar-refractivity contribution in [3.63, 3.8) is 0 Å². The van der Waals surface area contributed by atoms with E-state index in [0.717, 1.165) is 18.8 Å². The maximum atomic E-state index is 13.8. The second-order valence-corrected chi connectivity index (χ2v) is 6.51. The molecule has 27 heavy (non-hydrogen) atoms. The molecule has 0 N–H and O–H groups in total. The number of hydrogen-bond acceptors (Lipinski definition) is 5. The van der Waals surface area contributed by atoms with Crippen molar-refractivity contribution >= 4 is 11.6 Å². The SMILES string of the molecule is Cc1cccc(N2CCN(C(=O)c3nnc(-c4ccccc4F)o3)CC2)c1. The molecule has 0 bridgehead atoms. The largest absolute Gasteiger partial charge is 0.412 e. The van der Waals surface area contributed by atoms with Crippen LogP contribution < -0.4 is 4.90 Å². The Morgan fingerprint density at radius 3 is 2.56 bits per heavy atom. The summed E-state index contributed by atoms with van der Waals surface area (Å²) in [6, 6.07) is 14.4. The Morgan fingerprint density at radius 2 is 1.81 bits per heavy atom. The van der Waals surface area contributed by atoms with Gasteiger partial charge in [0.15, 0.2) is 0 Å². The molecule has 0 aliphatic carbocycles. The number of carbonyl (C=O) groups excluding carboxylic acids is 1. The highest BCUT2D eigenvalue weighted by atomic mass is 19.1. The van der Waals surface area contributed by atoms with E-state index >= 15 is 0 Å². The molecule has 2 heterocycles. The molecule has 1 aromatic heterocycles. The van der Waals surface area contributed by atoms with Crippen LogP contribution in [0.1, 0.15) is 16.2 Å². The third kappa shape index (κ3) is 3.53. The number of hydrogen-bond donors (Lipinski definition) is 0. The van der Waals surface area contributed by atoms with Crippen LogP contribution in [0.4, 0.5) is 10.1 Å². The number of aromatic nitrogens is 2. The monoisotopic (exact) mass is 366 g/mol. The summed E-state index contributed by atoms with van der Waals surface area (Å²) in [6.07, 6.45) is 0. The maximum absolute atomic E-state index is 13.8. The van der Waals surface area contributed by atoms with Crippen LogP contribution in [0.3, 0.4) is 0 Å². The molecule has 0 spiro atoms. The molecule has 1 fully saturated rings.